The van der Waals surface area contributed by atoms with Crippen LogP contribution in [0.1, 0.15) is 45.7 Å². The number of nitrogens with one attached hydrogen (secondary N) is 3. The topological polar surface area (TPSA) is 121 Å². The summed E-state index contributed by atoms with van der Waals surface area (Å²) < 4.78 is 0. The lowest BCUT2D eigenvalue weighted by Gasteiger charge is -2.25. The third-order valence-electron chi connectivity index (χ3n) is 5.72. The molecule has 1 aromatic carbocycles. The summed E-state index contributed by atoms with van der Waals surface area (Å²) in [6.07, 6.45) is 10.0. The zero-order valence-electron chi connectivity index (χ0n) is 20.5. The smallest absolute Gasteiger partial charge is 0.244 e. The molecule has 0 spiro atoms. The molecule has 0 aromatic heterocycles. The van der Waals surface area contributed by atoms with Crippen LogP contribution in [-0.4, -0.2) is 35.5 Å². The lowest BCUT2D eigenvalue weighted by Crippen LogP contribution is -2.49. The van der Waals surface area contributed by atoms with E-state index in [-0.39, 0.29) is 18.2 Å². The van der Waals surface area contributed by atoms with E-state index in [4.69, 9.17) is 0 Å². The average Bonchev–Trinajstić information content (AvgIpc) is 3.07. The zero-order valence-corrected chi connectivity index (χ0v) is 20.5. The molecule has 0 bridgehead atoms. The molecule has 1 aliphatic heterocycles. The molecule has 1 heterocycles. The number of Topliss-reactive ketones (excluding diaryl/α,β-unsaturated/α-hetero) is 1. The first-order chi connectivity index (χ1) is 16.6. The van der Waals surface area contributed by atoms with Crippen LogP contribution in [-0.2, 0) is 24.0 Å². The summed E-state index contributed by atoms with van der Waals surface area (Å²) in [6, 6.07) is 7.46. The normalized spacial score (nSPS) is 19.9. The van der Waals surface area contributed by atoms with Gasteiger partial charge in [0, 0.05) is 6.08 Å². The van der Waals surface area contributed by atoms with Crippen LogP contribution in [0.25, 0.3) is 0 Å². The molecule has 0 aliphatic carbocycles. The molecule has 1 aromatic rings. The summed E-state index contributed by atoms with van der Waals surface area (Å²) in [4.78, 5) is 62.5. The first-order valence-electron chi connectivity index (χ1n) is 11.6. The molecule has 2 rings (SSSR count). The van der Waals surface area contributed by atoms with E-state index in [1.54, 1.807) is 56.3 Å². The molecule has 0 saturated carbocycles. The summed E-state index contributed by atoms with van der Waals surface area (Å²) >= 11 is 0. The Balaban J connectivity index is 2.14. The molecule has 8 nitrogen and oxygen atoms in total. The van der Waals surface area contributed by atoms with E-state index in [0.29, 0.717) is 0 Å². The number of allylic oxidation sites excluding steroid dienone is 5. The highest BCUT2D eigenvalue weighted by molar-refractivity contribution is 6.16. The Bertz CT molecular complexity index is 1030. The molecule has 35 heavy (non-hydrogen) atoms. The number of rotatable bonds is 11. The highest BCUT2D eigenvalue weighted by Crippen LogP contribution is 2.24. The van der Waals surface area contributed by atoms with Crippen LogP contribution >= 0.6 is 0 Å². The number of benzene rings is 1. The van der Waals surface area contributed by atoms with Gasteiger partial charge in [0.2, 0.25) is 23.6 Å². The number of hydrogen-bond donors (Lipinski definition) is 3. The van der Waals surface area contributed by atoms with Crippen LogP contribution in [0.4, 0.5) is 0 Å². The molecular weight excluding hydrogens is 446 g/mol. The van der Waals surface area contributed by atoms with Gasteiger partial charge in [-0.1, -0.05) is 81.5 Å². The number of carbonyl (C=O) groups is 5. The minimum absolute atomic E-state index is 0.111. The number of amides is 4. The second kappa shape index (κ2) is 13.2. The Morgan fingerprint density at radius 1 is 0.971 bits per heavy atom. The van der Waals surface area contributed by atoms with E-state index in [1.165, 1.54) is 13.0 Å². The third kappa shape index (κ3) is 7.88. The van der Waals surface area contributed by atoms with Crippen molar-refractivity contribution in [2.24, 2.45) is 17.8 Å². The lowest BCUT2D eigenvalue weighted by molar-refractivity contribution is -0.137. The summed E-state index contributed by atoms with van der Waals surface area (Å²) in [5.41, 5.74) is 0.732. The van der Waals surface area contributed by atoms with Crippen LogP contribution in [0.5, 0.6) is 0 Å². The Morgan fingerprint density at radius 2 is 1.63 bits per heavy atom. The maximum atomic E-state index is 13.1. The fourth-order valence-corrected chi connectivity index (χ4v) is 3.78. The molecule has 4 unspecified atom stereocenters. The van der Waals surface area contributed by atoms with E-state index in [0.717, 1.165) is 5.56 Å². The summed E-state index contributed by atoms with van der Waals surface area (Å²) in [7, 11) is 0. The van der Waals surface area contributed by atoms with Gasteiger partial charge in [0.25, 0.3) is 0 Å². The fraction of sp³-hybridized carbons (Fsp3) is 0.370. The second-order valence-electron chi connectivity index (χ2n) is 8.76. The average molecular weight is 480 g/mol. The van der Waals surface area contributed by atoms with Gasteiger partial charge in [-0.15, -0.1) is 0 Å². The summed E-state index contributed by atoms with van der Waals surface area (Å²) in [5.74, 6) is -4.71. The SMILES string of the molecule is C/C=C/C=C/C=C/C(=O)NC(CC(=O)NC(C(=O)C1C(=O)NC(=O)C1C)C(C)C)c1ccccc1. The van der Waals surface area contributed by atoms with Gasteiger partial charge in [-0.25, -0.2) is 0 Å². The summed E-state index contributed by atoms with van der Waals surface area (Å²) in [5, 5.41) is 7.72. The Morgan fingerprint density at radius 3 is 2.20 bits per heavy atom. The van der Waals surface area contributed by atoms with Gasteiger partial charge >= 0.3 is 0 Å². The molecule has 4 atom stereocenters. The summed E-state index contributed by atoms with van der Waals surface area (Å²) in [6.45, 7) is 6.91. The zero-order chi connectivity index (χ0) is 26.0. The highest BCUT2D eigenvalue weighted by Gasteiger charge is 2.46. The first-order valence-corrected chi connectivity index (χ1v) is 11.6. The molecule has 0 radical (unpaired) electrons. The van der Waals surface area contributed by atoms with Gasteiger partial charge in [0.15, 0.2) is 5.78 Å². The number of hydrogen-bond acceptors (Lipinski definition) is 5. The predicted octanol–water partition coefficient (Wildman–Crippen LogP) is 2.54. The predicted molar refractivity (Wildman–Crippen MR) is 133 cm³/mol. The number of imide groups is 1. The number of carbonyl (C=O) groups excluding carboxylic acids is 5. The van der Waals surface area contributed by atoms with Crippen molar-refractivity contribution in [1.82, 2.24) is 16.0 Å². The van der Waals surface area contributed by atoms with Crippen LogP contribution in [0.15, 0.2) is 66.8 Å². The molecule has 4 amide bonds. The maximum Gasteiger partial charge on any atom is 0.244 e. The van der Waals surface area contributed by atoms with Gasteiger partial charge in [0.1, 0.15) is 5.92 Å². The van der Waals surface area contributed by atoms with Gasteiger partial charge in [-0.3, -0.25) is 29.3 Å². The van der Waals surface area contributed by atoms with Crippen molar-refractivity contribution in [3.05, 3.63) is 72.4 Å². The molecule has 1 saturated heterocycles. The van der Waals surface area contributed by atoms with Crippen molar-refractivity contribution in [3.63, 3.8) is 0 Å². The van der Waals surface area contributed by atoms with Crippen molar-refractivity contribution in [2.75, 3.05) is 0 Å². The van der Waals surface area contributed by atoms with Gasteiger partial charge < -0.3 is 10.6 Å². The Hall–Kier alpha value is -3.81. The van der Waals surface area contributed by atoms with Crippen molar-refractivity contribution >= 4 is 29.4 Å². The van der Waals surface area contributed by atoms with E-state index in [2.05, 4.69) is 16.0 Å². The fourth-order valence-electron chi connectivity index (χ4n) is 3.78. The molecule has 1 aliphatic rings. The van der Waals surface area contributed by atoms with Gasteiger partial charge in [0.05, 0.1) is 24.4 Å². The highest BCUT2D eigenvalue weighted by atomic mass is 16.2. The van der Waals surface area contributed by atoms with Gasteiger partial charge in [-0.05, 0) is 18.4 Å². The standard InChI is InChI=1S/C27H33N3O5/c1-5-6-7-8-12-15-21(31)28-20(19-13-10-9-11-14-19)16-22(32)29-24(17(2)3)25(33)23-18(4)26(34)30-27(23)35/h5-15,17-18,20,23-24H,16H2,1-4H3,(H,28,31)(H,29,32)(H,30,34,35)/b6-5+,8-7+,15-12+. The minimum atomic E-state index is -1.14. The van der Waals surface area contributed by atoms with E-state index >= 15 is 0 Å². The minimum Gasteiger partial charge on any atom is -0.346 e. The van der Waals surface area contributed by atoms with Crippen LogP contribution in [0, 0.1) is 17.8 Å². The maximum absolute atomic E-state index is 13.1. The molecule has 186 valence electrons. The molecular formula is C27H33N3O5. The van der Waals surface area contributed by atoms with E-state index in [1.807, 2.05) is 25.1 Å². The monoisotopic (exact) mass is 479 g/mol. The van der Waals surface area contributed by atoms with Crippen molar-refractivity contribution in [1.29, 1.82) is 0 Å². The largest absolute Gasteiger partial charge is 0.346 e. The van der Waals surface area contributed by atoms with E-state index in [9.17, 15) is 24.0 Å². The number of ketones is 1. The van der Waals surface area contributed by atoms with Crippen molar-refractivity contribution < 1.29 is 24.0 Å². The van der Waals surface area contributed by atoms with Crippen LogP contribution in [0.3, 0.4) is 0 Å². The van der Waals surface area contributed by atoms with Crippen LogP contribution < -0.4 is 16.0 Å². The quantitative estimate of drug-likeness (QED) is 0.195. The molecule has 3 N–H and O–H groups in total. The van der Waals surface area contributed by atoms with Crippen LogP contribution in [0.2, 0.25) is 0 Å². The Labute approximate surface area is 205 Å². The van der Waals surface area contributed by atoms with E-state index < -0.39 is 47.4 Å². The third-order valence-corrected chi connectivity index (χ3v) is 5.72. The van der Waals surface area contributed by atoms with Gasteiger partial charge in [-0.2, -0.15) is 0 Å². The van der Waals surface area contributed by atoms with Crippen molar-refractivity contribution in [2.45, 2.75) is 46.2 Å². The molecule has 8 heteroatoms. The first kappa shape index (κ1) is 27.4. The molecule has 1 fully saturated rings. The van der Waals surface area contributed by atoms with Crippen molar-refractivity contribution in [3.8, 4) is 0 Å². The lowest BCUT2D eigenvalue weighted by atomic mass is 9.85. The Kier molecular flexibility index (Phi) is 10.3. The second-order valence-corrected chi connectivity index (χ2v) is 8.76.